The van der Waals surface area contributed by atoms with E-state index in [-0.39, 0.29) is 5.56 Å². The largest absolute Gasteiger partial charge is 0.493 e. The molecule has 0 saturated heterocycles. The first kappa shape index (κ1) is 50.6. The Hall–Kier alpha value is -6.74. The first-order valence-electron chi connectivity index (χ1n) is 26.8. The SMILES string of the molecule is CCCCCCCCCCCCOc1cc(OCCCCCCCCCCCC)cc(-c2c3nc(cc4ccc([nH]4)c(-c4ccncc4)c4nc(c(-c5ccc(C(=O)O)cc5)c5ccc2[nH]5)C=C4)C=C3)c1. The van der Waals surface area contributed by atoms with Gasteiger partial charge in [0.05, 0.1) is 41.6 Å². The van der Waals surface area contributed by atoms with Gasteiger partial charge in [-0.25, -0.2) is 14.8 Å². The second-order valence-electron chi connectivity index (χ2n) is 19.2. The van der Waals surface area contributed by atoms with Gasteiger partial charge in [-0.3, -0.25) is 4.98 Å². The number of carbonyl (C=O) groups is 1. The lowest BCUT2D eigenvalue weighted by Crippen LogP contribution is -2.01. The zero-order valence-corrected chi connectivity index (χ0v) is 42.1. The molecule has 6 heterocycles. The standard InChI is InChI=1S/C62H73N5O4/c1-3-5-7-9-11-13-15-17-19-21-39-70-51-41-48(42-52(44-51)71-40-22-20-18-16-14-12-10-8-6-4-2)61-54-30-28-50(65-54)43-49-27-29-53(64-49)60(46-35-37-63-38-36-46)57-32-31-55(66-57)59(56-33-34-58(61)67-56)45-23-25-47(26-24-45)62(68)69/h23-38,41-44,64,67H,3-22,39-40H2,1-2H3,(H,68,69). The average molecular weight is 952 g/mol. The number of carboxylic acids is 1. The molecule has 2 aromatic carbocycles. The van der Waals surface area contributed by atoms with Gasteiger partial charge in [-0.15, -0.1) is 0 Å². The van der Waals surface area contributed by atoms with Crippen molar-refractivity contribution in [2.75, 3.05) is 13.2 Å². The Kier molecular flexibility index (Phi) is 18.9. The van der Waals surface area contributed by atoms with E-state index in [4.69, 9.17) is 19.4 Å². The van der Waals surface area contributed by atoms with Gasteiger partial charge < -0.3 is 24.5 Å². The van der Waals surface area contributed by atoms with Crippen LogP contribution in [0.1, 0.15) is 175 Å². The number of hydrogen-bond acceptors (Lipinski definition) is 6. The minimum absolute atomic E-state index is 0.216. The van der Waals surface area contributed by atoms with Crippen molar-refractivity contribution in [3.63, 3.8) is 0 Å². The van der Waals surface area contributed by atoms with E-state index in [1.54, 1.807) is 24.5 Å². The van der Waals surface area contributed by atoms with Gasteiger partial charge in [0.15, 0.2) is 0 Å². The molecule has 4 aromatic heterocycles. The number of H-pyrrole nitrogens is 2. The maximum atomic E-state index is 12.0. The van der Waals surface area contributed by atoms with Gasteiger partial charge in [-0.1, -0.05) is 142 Å². The summed E-state index contributed by atoms with van der Waals surface area (Å²) in [6.45, 7) is 5.83. The monoisotopic (exact) mass is 952 g/mol. The molecule has 71 heavy (non-hydrogen) atoms. The van der Waals surface area contributed by atoms with Crippen molar-refractivity contribution in [2.24, 2.45) is 0 Å². The Morgan fingerprint density at radius 1 is 0.465 bits per heavy atom. The number of fused-ring (bicyclic) bond motifs is 8. The van der Waals surface area contributed by atoms with E-state index in [0.717, 1.165) is 115 Å². The molecule has 2 aliphatic rings. The number of aromatic carboxylic acids is 1. The van der Waals surface area contributed by atoms with Crippen LogP contribution in [0, 0.1) is 0 Å². The summed E-state index contributed by atoms with van der Waals surface area (Å²) in [4.78, 5) is 34.3. The summed E-state index contributed by atoms with van der Waals surface area (Å²) >= 11 is 0. The van der Waals surface area contributed by atoms with Crippen LogP contribution in [0.4, 0.5) is 0 Å². The quantitative estimate of drug-likeness (QED) is 0.0417. The van der Waals surface area contributed by atoms with Gasteiger partial charge in [-0.2, -0.15) is 0 Å². The highest BCUT2D eigenvalue weighted by atomic mass is 16.5. The summed E-state index contributed by atoms with van der Waals surface area (Å²) in [5.74, 6) is 0.582. The van der Waals surface area contributed by atoms with Crippen molar-refractivity contribution in [1.29, 1.82) is 0 Å². The van der Waals surface area contributed by atoms with E-state index in [2.05, 4.69) is 89.5 Å². The predicted octanol–water partition coefficient (Wildman–Crippen LogP) is 17.3. The van der Waals surface area contributed by atoms with Crippen LogP contribution >= 0.6 is 0 Å². The van der Waals surface area contributed by atoms with Crippen LogP contribution in [-0.2, 0) is 0 Å². The lowest BCUT2D eigenvalue weighted by molar-refractivity contribution is 0.0697. The van der Waals surface area contributed by atoms with Crippen LogP contribution < -0.4 is 9.47 Å². The van der Waals surface area contributed by atoms with Crippen LogP contribution in [0.3, 0.4) is 0 Å². The van der Waals surface area contributed by atoms with E-state index in [1.165, 1.54) is 103 Å². The Labute approximate surface area is 421 Å². The maximum Gasteiger partial charge on any atom is 0.335 e. The minimum Gasteiger partial charge on any atom is -0.493 e. The molecule has 8 bridgehead atoms. The molecule has 8 rings (SSSR count). The molecule has 6 aromatic rings. The highest BCUT2D eigenvalue weighted by Gasteiger charge is 2.19. The molecule has 0 radical (unpaired) electrons. The van der Waals surface area contributed by atoms with Gasteiger partial charge in [0.2, 0.25) is 0 Å². The zero-order valence-electron chi connectivity index (χ0n) is 42.1. The normalized spacial score (nSPS) is 11.9. The van der Waals surface area contributed by atoms with Crippen molar-refractivity contribution >= 4 is 52.3 Å². The number of aromatic nitrogens is 5. The van der Waals surface area contributed by atoms with E-state index in [1.807, 2.05) is 36.4 Å². The van der Waals surface area contributed by atoms with E-state index < -0.39 is 5.97 Å². The van der Waals surface area contributed by atoms with Crippen molar-refractivity contribution in [1.82, 2.24) is 24.9 Å². The number of carboxylic acid groups (broad SMARTS) is 1. The number of nitrogens with zero attached hydrogens (tertiary/aromatic N) is 3. The van der Waals surface area contributed by atoms with Crippen LogP contribution in [0.15, 0.2) is 97.3 Å². The van der Waals surface area contributed by atoms with E-state index in [9.17, 15) is 9.90 Å². The smallest absolute Gasteiger partial charge is 0.335 e. The van der Waals surface area contributed by atoms with Crippen LogP contribution in [0.5, 0.6) is 11.5 Å². The maximum absolute atomic E-state index is 12.0. The molecule has 3 N–H and O–H groups in total. The molecule has 0 unspecified atom stereocenters. The number of nitrogens with one attached hydrogen (secondary N) is 2. The topological polar surface area (TPSA) is 126 Å². The van der Waals surface area contributed by atoms with Gasteiger partial charge in [0, 0.05) is 57.2 Å². The Morgan fingerprint density at radius 2 is 0.915 bits per heavy atom. The molecule has 2 aliphatic heterocycles. The first-order chi connectivity index (χ1) is 35.0. The molecule has 0 saturated carbocycles. The number of rotatable bonds is 28. The van der Waals surface area contributed by atoms with Crippen LogP contribution in [0.2, 0.25) is 0 Å². The van der Waals surface area contributed by atoms with Crippen LogP contribution in [0.25, 0.3) is 79.8 Å². The third-order valence-electron chi connectivity index (χ3n) is 13.7. The first-order valence-corrected chi connectivity index (χ1v) is 26.8. The molecular formula is C62H73N5O4. The fraction of sp³-hybridized carbons (Fsp3) is 0.387. The molecule has 370 valence electrons. The molecule has 9 heteroatoms. The van der Waals surface area contributed by atoms with Gasteiger partial charge in [-0.05, 0) is 121 Å². The number of unbranched alkanes of at least 4 members (excludes halogenated alkanes) is 18. The van der Waals surface area contributed by atoms with Crippen molar-refractivity contribution in [3.8, 4) is 44.9 Å². The number of benzene rings is 2. The van der Waals surface area contributed by atoms with Gasteiger partial charge in [0.1, 0.15) is 11.5 Å². The Morgan fingerprint density at radius 3 is 1.45 bits per heavy atom. The van der Waals surface area contributed by atoms with E-state index in [0.29, 0.717) is 13.2 Å². The summed E-state index contributed by atoms with van der Waals surface area (Å²) in [6, 6.07) is 27.7. The summed E-state index contributed by atoms with van der Waals surface area (Å²) in [7, 11) is 0. The lowest BCUT2D eigenvalue weighted by Gasteiger charge is -2.14. The molecule has 0 spiro atoms. The Balaban J connectivity index is 1.17. The highest BCUT2D eigenvalue weighted by molar-refractivity contribution is 5.98. The second kappa shape index (κ2) is 26.5. The zero-order chi connectivity index (χ0) is 49.0. The molecule has 0 atom stereocenters. The number of aromatic amines is 2. The molecule has 9 nitrogen and oxygen atoms in total. The number of hydrogen-bond donors (Lipinski definition) is 3. The minimum atomic E-state index is -0.975. The molecule has 0 amide bonds. The summed E-state index contributed by atoms with van der Waals surface area (Å²) in [6.07, 6.45) is 37.2. The molecular weight excluding hydrogens is 879 g/mol. The van der Waals surface area contributed by atoms with Crippen LogP contribution in [-0.4, -0.2) is 49.2 Å². The predicted molar refractivity (Wildman–Crippen MR) is 295 cm³/mol. The summed E-state index contributed by atoms with van der Waals surface area (Å²) in [5.41, 5.74) is 12.3. The third-order valence-corrected chi connectivity index (χ3v) is 13.7. The molecule has 0 fully saturated rings. The highest BCUT2D eigenvalue weighted by Crippen LogP contribution is 2.38. The summed E-state index contributed by atoms with van der Waals surface area (Å²) < 4.78 is 13.2. The average Bonchev–Trinajstić information content (AvgIpc) is 4.24. The third kappa shape index (κ3) is 14.2. The van der Waals surface area contributed by atoms with Gasteiger partial charge >= 0.3 is 5.97 Å². The summed E-state index contributed by atoms with van der Waals surface area (Å²) in [5, 5.41) is 9.83. The van der Waals surface area contributed by atoms with Gasteiger partial charge in [0.25, 0.3) is 0 Å². The van der Waals surface area contributed by atoms with Crippen molar-refractivity contribution < 1.29 is 19.4 Å². The van der Waals surface area contributed by atoms with Crippen molar-refractivity contribution in [3.05, 3.63) is 126 Å². The van der Waals surface area contributed by atoms with E-state index >= 15 is 0 Å². The second-order valence-corrected chi connectivity index (χ2v) is 19.2. The fourth-order valence-corrected chi connectivity index (χ4v) is 9.79. The Bertz CT molecular complexity index is 2850. The van der Waals surface area contributed by atoms with Crippen molar-refractivity contribution in [2.45, 2.75) is 142 Å². The fourth-order valence-electron chi connectivity index (χ4n) is 9.79. The number of ether oxygens (including phenoxy) is 2. The lowest BCUT2D eigenvalue weighted by atomic mass is 10.0. The molecule has 0 aliphatic carbocycles. The number of pyridine rings is 1.